The first kappa shape index (κ1) is 17.4. The molecule has 132 valence electrons. The molecule has 26 heavy (non-hydrogen) atoms. The van der Waals surface area contributed by atoms with E-state index in [1.165, 1.54) is 18.3 Å². The number of hydrogen-bond acceptors (Lipinski definition) is 4. The second-order valence-electron chi connectivity index (χ2n) is 5.72. The number of rotatable bonds is 5. The summed E-state index contributed by atoms with van der Waals surface area (Å²) in [5, 5.41) is 5.87. The molecule has 0 bridgehead atoms. The number of pyridine rings is 1. The van der Waals surface area contributed by atoms with Crippen molar-refractivity contribution in [2.24, 2.45) is 0 Å². The molecule has 1 amide bonds. The van der Waals surface area contributed by atoms with Gasteiger partial charge in [0.05, 0.1) is 18.4 Å². The molecule has 0 aliphatic rings. The summed E-state index contributed by atoms with van der Waals surface area (Å²) >= 11 is 0. The van der Waals surface area contributed by atoms with Crippen LogP contribution in [0.5, 0.6) is 5.75 Å². The molecule has 0 saturated heterocycles. The molecule has 0 fully saturated rings. The molecule has 0 aliphatic carbocycles. The normalized spacial score (nSPS) is 10.3. The van der Waals surface area contributed by atoms with Gasteiger partial charge in [-0.3, -0.25) is 4.79 Å². The van der Waals surface area contributed by atoms with E-state index in [1.54, 1.807) is 37.4 Å². The maximum absolute atomic E-state index is 12.9. The molecule has 0 saturated carbocycles. The van der Waals surface area contributed by atoms with Crippen molar-refractivity contribution in [3.05, 3.63) is 77.7 Å². The van der Waals surface area contributed by atoms with Crippen molar-refractivity contribution in [1.29, 1.82) is 0 Å². The van der Waals surface area contributed by atoms with Gasteiger partial charge in [0, 0.05) is 11.9 Å². The van der Waals surface area contributed by atoms with Gasteiger partial charge in [-0.1, -0.05) is 6.07 Å². The minimum atomic E-state index is -0.304. The van der Waals surface area contributed by atoms with Crippen LogP contribution in [0.2, 0.25) is 0 Å². The van der Waals surface area contributed by atoms with E-state index in [4.69, 9.17) is 4.74 Å². The lowest BCUT2D eigenvalue weighted by Gasteiger charge is -2.11. The number of ether oxygens (including phenoxy) is 1. The molecule has 3 aromatic rings. The molecule has 2 aromatic carbocycles. The first-order valence-electron chi connectivity index (χ1n) is 8.00. The summed E-state index contributed by atoms with van der Waals surface area (Å²) in [6.45, 7) is 1.94. The zero-order valence-electron chi connectivity index (χ0n) is 14.4. The van der Waals surface area contributed by atoms with E-state index in [0.717, 1.165) is 5.56 Å². The molecule has 3 rings (SSSR count). The summed E-state index contributed by atoms with van der Waals surface area (Å²) in [5.74, 6) is 0.560. The fraction of sp³-hybridized carbons (Fsp3) is 0.100. The fourth-order valence-electron chi connectivity index (χ4n) is 2.40. The number of anilines is 3. The molecular weight excluding hydrogens is 333 g/mol. The summed E-state index contributed by atoms with van der Waals surface area (Å²) in [4.78, 5) is 16.7. The number of nitrogens with one attached hydrogen (secondary N) is 2. The zero-order chi connectivity index (χ0) is 18.5. The Morgan fingerprint density at radius 3 is 2.50 bits per heavy atom. The quantitative estimate of drug-likeness (QED) is 0.709. The van der Waals surface area contributed by atoms with Gasteiger partial charge < -0.3 is 15.4 Å². The largest absolute Gasteiger partial charge is 0.495 e. The maximum Gasteiger partial charge on any atom is 0.257 e. The van der Waals surface area contributed by atoms with Crippen LogP contribution in [0.25, 0.3) is 0 Å². The van der Waals surface area contributed by atoms with Crippen LogP contribution in [0.1, 0.15) is 15.9 Å². The molecule has 1 aromatic heterocycles. The standard InChI is InChI=1S/C20H18FN3O2/c1-13-3-9-18(26-2)17(11-13)24-20(25)14-4-10-19(22-12-14)23-16-7-5-15(21)6-8-16/h3-12H,1-2H3,(H,22,23)(H,24,25). The summed E-state index contributed by atoms with van der Waals surface area (Å²) in [6.07, 6.45) is 1.48. The Morgan fingerprint density at radius 2 is 1.85 bits per heavy atom. The minimum absolute atomic E-state index is 0.283. The number of aryl methyl sites for hydroxylation is 1. The van der Waals surface area contributed by atoms with Gasteiger partial charge in [-0.2, -0.15) is 0 Å². The van der Waals surface area contributed by atoms with Crippen LogP contribution in [0.15, 0.2) is 60.8 Å². The molecule has 5 nitrogen and oxygen atoms in total. The number of methoxy groups -OCH3 is 1. The van der Waals surface area contributed by atoms with Crippen molar-refractivity contribution in [2.75, 3.05) is 17.7 Å². The highest BCUT2D eigenvalue weighted by atomic mass is 19.1. The van der Waals surface area contributed by atoms with Crippen molar-refractivity contribution in [3.63, 3.8) is 0 Å². The number of carbonyl (C=O) groups is 1. The summed E-state index contributed by atoms with van der Waals surface area (Å²) in [7, 11) is 1.55. The highest BCUT2D eigenvalue weighted by Gasteiger charge is 2.10. The Morgan fingerprint density at radius 1 is 1.08 bits per heavy atom. The first-order chi connectivity index (χ1) is 12.5. The lowest BCUT2D eigenvalue weighted by Crippen LogP contribution is -2.13. The summed E-state index contributed by atoms with van der Waals surface area (Å²) in [5.41, 5.74) is 2.74. The molecule has 0 atom stereocenters. The first-order valence-corrected chi connectivity index (χ1v) is 8.00. The number of nitrogens with zero attached hydrogens (tertiary/aromatic N) is 1. The Bertz CT molecular complexity index is 909. The number of aromatic nitrogens is 1. The van der Waals surface area contributed by atoms with E-state index >= 15 is 0 Å². The maximum atomic E-state index is 12.9. The smallest absolute Gasteiger partial charge is 0.257 e. The van der Waals surface area contributed by atoms with Gasteiger partial charge >= 0.3 is 0 Å². The van der Waals surface area contributed by atoms with E-state index in [2.05, 4.69) is 15.6 Å². The van der Waals surface area contributed by atoms with Crippen LogP contribution < -0.4 is 15.4 Å². The average Bonchev–Trinajstić information content (AvgIpc) is 2.64. The molecule has 0 unspecified atom stereocenters. The number of benzene rings is 2. The highest BCUT2D eigenvalue weighted by molar-refractivity contribution is 6.05. The highest BCUT2D eigenvalue weighted by Crippen LogP contribution is 2.25. The summed E-state index contributed by atoms with van der Waals surface area (Å²) in [6, 6.07) is 14.9. The Balaban J connectivity index is 1.71. The zero-order valence-corrected chi connectivity index (χ0v) is 14.4. The van der Waals surface area contributed by atoms with Crippen LogP contribution in [0, 0.1) is 12.7 Å². The van der Waals surface area contributed by atoms with Gasteiger partial charge in [-0.15, -0.1) is 0 Å². The van der Waals surface area contributed by atoms with Crippen molar-refractivity contribution in [3.8, 4) is 5.75 Å². The Hall–Kier alpha value is -3.41. The summed E-state index contributed by atoms with van der Waals surface area (Å²) < 4.78 is 18.2. The van der Waals surface area contributed by atoms with Gasteiger partial charge in [0.1, 0.15) is 17.4 Å². The molecular formula is C20H18FN3O2. The second-order valence-corrected chi connectivity index (χ2v) is 5.72. The molecule has 2 N–H and O–H groups in total. The van der Waals surface area contributed by atoms with E-state index in [1.807, 2.05) is 19.1 Å². The molecule has 0 radical (unpaired) electrons. The van der Waals surface area contributed by atoms with Crippen LogP contribution in [0.3, 0.4) is 0 Å². The van der Waals surface area contributed by atoms with Crippen LogP contribution >= 0.6 is 0 Å². The van der Waals surface area contributed by atoms with E-state index < -0.39 is 0 Å². The number of hydrogen-bond donors (Lipinski definition) is 2. The van der Waals surface area contributed by atoms with Crippen molar-refractivity contribution in [2.45, 2.75) is 6.92 Å². The van der Waals surface area contributed by atoms with Crippen LogP contribution in [0.4, 0.5) is 21.6 Å². The third-order valence-corrected chi connectivity index (χ3v) is 3.75. The lowest BCUT2D eigenvalue weighted by molar-refractivity contribution is 0.102. The monoisotopic (exact) mass is 351 g/mol. The Kier molecular flexibility index (Phi) is 5.12. The van der Waals surface area contributed by atoms with Crippen molar-refractivity contribution < 1.29 is 13.9 Å². The van der Waals surface area contributed by atoms with Crippen molar-refractivity contribution >= 4 is 23.1 Å². The minimum Gasteiger partial charge on any atom is -0.495 e. The van der Waals surface area contributed by atoms with Crippen LogP contribution in [-0.4, -0.2) is 18.0 Å². The lowest BCUT2D eigenvalue weighted by atomic mass is 10.2. The average molecular weight is 351 g/mol. The van der Waals surface area contributed by atoms with E-state index in [9.17, 15) is 9.18 Å². The fourth-order valence-corrected chi connectivity index (χ4v) is 2.40. The number of halogens is 1. The third kappa shape index (κ3) is 4.16. The Labute approximate surface area is 150 Å². The van der Waals surface area contributed by atoms with Gasteiger partial charge in [0.25, 0.3) is 5.91 Å². The predicted molar refractivity (Wildman–Crippen MR) is 99.6 cm³/mol. The molecule has 0 spiro atoms. The molecule has 1 heterocycles. The third-order valence-electron chi connectivity index (χ3n) is 3.75. The predicted octanol–water partition coefficient (Wildman–Crippen LogP) is 4.53. The topological polar surface area (TPSA) is 63.2 Å². The molecule has 6 heteroatoms. The van der Waals surface area contributed by atoms with Gasteiger partial charge in [0.15, 0.2) is 0 Å². The van der Waals surface area contributed by atoms with Crippen molar-refractivity contribution in [1.82, 2.24) is 4.98 Å². The van der Waals surface area contributed by atoms with Gasteiger partial charge in [-0.05, 0) is 61.0 Å². The van der Waals surface area contributed by atoms with E-state index in [0.29, 0.717) is 28.5 Å². The van der Waals surface area contributed by atoms with Crippen LogP contribution in [-0.2, 0) is 0 Å². The van der Waals surface area contributed by atoms with E-state index in [-0.39, 0.29) is 11.7 Å². The van der Waals surface area contributed by atoms with Gasteiger partial charge in [-0.25, -0.2) is 9.37 Å². The molecule has 0 aliphatic heterocycles. The number of carbonyl (C=O) groups excluding carboxylic acids is 1. The second kappa shape index (κ2) is 7.65. The SMILES string of the molecule is COc1ccc(C)cc1NC(=O)c1ccc(Nc2ccc(F)cc2)nc1. The van der Waals surface area contributed by atoms with Gasteiger partial charge in [0.2, 0.25) is 0 Å². The number of amides is 1.